The zero-order valence-corrected chi connectivity index (χ0v) is 6.39. The van der Waals surface area contributed by atoms with E-state index in [9.17, 15) is 17.4 Å². The van der Waals surface area contributed by atoms with Crippen molar-refractivity contribution in [2.75, 3.05) is 4.83 Å². The second kappa shape index (κ2) is 3.13. The van der Waals surface area contributed by atoms with E-state index in [2.05, 4.69) is 5.10 Å². The minimum absolute atomic E-state index is 0.726. The van der Waals surface area contributed by atoms with E-state index in [0.717, 1.165) is 4.79 Å². The predicted molar refractivity (Wildman–Crippen MR) is 35.8 cm³/mol. The summed E-state index contributed by atoms with van der Waals surface area (Å²) < 4.78 is 45.3. The maximum atomic E-state index is 11.6. The van der Waals surface area contributed by atoms with Crippen molar-refractivity contribution in [1.82, 2.24) is 9.89 Å². The summed E-state index contributed by atoms with van der Waals surface area (Å²) >= 11 is 0. The van der Waals surface area contributed by atoms with Gasteiger partial charge in [-0.15, -0.1) is 0 Å². The van der Waals surface area contributed by atoms with E-state index in [0.29, 0.717) is 0 Å². The molecule has 0 aliphatic heterocycles. The Labute approximate surface area is 67.9 Å². The van der Waals surface area contributed by atoms with Crippen LogP contribution in [0.5, 0.6) is 0 Å². The van der Waals surface area contributed by atoms with E-state index < -0.39 is 16.5 Å². The molecule has 1 rings (SSSR count). The van der Waals surface area contributed by atoms with Gasteiger partial charge in [0, 0.05) is 6.20 Å². The van der Waals surface area contributed by atoms with Gasteiger partial charge in [-0.2, -0.15) is 23.1 Å². The number of nitrogens with zero attached hydrogens (tertiary/aromatic N) is 2. The standard InChI is InChI=1S/C4H4F3N3OS/c5-4(6,7)12(11)9-10-3-1-2-8-10/h1-3,9H. The molecule has 68 valence electrons. The molecule has 1 aromatic heterocycles. The van der Waals surface area contributed by atoms with Crippen LogP contribution in [0.1, 0.15) is 0 Å². The molecule has 1 heterocycles. The molecule has 1 N–H and O–H groups in total. The van der Waals surface area contributed by atoms with E-state index in [4.69, 9.17) is 0 Å². The zero-order valence-electron chi connectivity index (χ0n) is 5.58. The molecule has 0 aliphatic rings. The van der Waals surface area contributed by atoms with Gasteiger partial charge in [-0.3, -0.25) is 0 Å². The van der Waals surface area contributed by atoms with E-state index >= 15 is 0 Å². The molecule has 0 spiro atoms. The molecule has 1 unspecified atom stereocenters. The first-order valence-corrected chi connectivity index (χ1v) is 3.90. The Hall–Kier alpha value is -1.05. The van der Waals surface area contributed by atoms with Crippen LogP contribution in [-0.2, 0) is 11.0 Å². The van der Waals surface area contributed by atoms with Crippen molar-refractivity contribution in [1.29, 1.82) is 0 Å². The first kappa shape index (κ1) is 9.04. The van der Waals surface area contributed by atoms with E-state index in [1.807, 2.05) is 0 Å². The molecule has 0 aromatic carbocycles. The van der Waals surface area contributed by atoms with Gasteiger partial charge in [0.05, 0.1) is 6.20 Å². The molecule has 0 fully saturated rings. The fourth-order valence-electron chi connectivity index (χ4n) is 0.460. The van der Waals surface area contributed by atoms with Gasteiger partial charge in [-0.1, -0.05) is 0 Å². The fourth-order valence-corrected chi connectivity index (χ4v) is 0.841. The first-order chi connectivity index (χ1) is 5.50. The van der Waals surface area contributed by atoms with Crippen molar-refractivity contribution in [3.63, 3.8) is 0 Å². The van der Waals surface area contributed by atoms with Crippen LogP contribution in [0.4, 0.5) is 13.2 Å². The minimum atomic E-state index is -4.77. The quantitative estimate of drug-likeness (QED) is 0.758. The molecule has 0 saturated carbocycles. The maximum Gasteiger partial charge on any atom is 0.492 e. The average Bonchev–Trinajstić information content (AvgIpc) is 2.37. The van der Waals surface area contributed by atoms with Crippen molar-refractivity contribution in [2.45, 2.75) is 5.51 Å². The summed E-state index contributed by atoms with van der Waals surface area (Å²) in [7, 11) is -3.12. The van der Waals surface area contributed by atoms with Gasteiger partial charge in [0.15, 0.2) is 0 Å². The summed E-state index contributed by atoms with van der Waals surface area (Å²) in [4.78, 5) is 2.34. The number of rotatable bonds is 2. The summed E-state index contributed by atoms with van der Waals surface area (Å²) in [5.41, 5.74) is -4.77. The number of alkyl halides is 3. The Morgan fingerprint density at radius 1 is 1.50 bits per heavy atom. The molecule has 0 saturated heterocycles. The highest BCUT2D eigenvalue weighted by molar-refractivity contribution is 7.86. The van der Waals surface area contributed by atoms with Crippen molar-refractivity contribution in [2.24, 2.45) is 0 Å². The fraction of sp³-hybridized carbons (Fsp3) is 0.250. The highest BCUT2D eigenvalue weighted by atomic mass is 32.2. The lowest BCUT2D eigenvalue weighted by molar-refractivity contribution is -0.0382. The van der Waals surface area contributed by atoms with Crippen LogP contribution < -0.4 is 4.83 Å². The summed E-state index contributed by atoms with van der Waals surface area (Å²) in [6.45, 7) is 0. The molecule has 0 aliphatic carbocycles. The topological polar surface area (TPSA) is 46.9 Å². The van der Waals surface area contributed by atoms with Gasteiger partial charge in [0.25, 0.3) is 0 Å². The van der Waals surface area contributed by atoms with Crippen LogP contribution in [0.3, 0.4) is 0 Å². The molecular formula is C4H4F3N3OS. The number of aromatic nitrogens is 2. The lowest BCUT2D eigenvalue weighted by Gasteiger charge is -2.07. The SMILES string of the molecule is O=S(Nn1cccn1)C(F)(F)F. The van der Waals surface area contributed by atoms with E-state index in [-0.39, 0.29) is 0 Å². The van der Waals surface area contributed by atoms with E-state index in [1.165, 1.54) is 18.5 Å². The third-order valence-electron chi connectivity index (χ3n) is 0.891. The Morgan fingerprint density at radius 2 is 2.17 bits per heavy atom. The maximum absolute atomic E-state index is 11.6. The third-order valence-corrected chi connectivity index (χ3v) is 1.66. The third kappa shape index (κ3) is 2.22. The number of hydrogen-bond donors (Lipinski definition) is 1. The molecule has 1 aromatic rings. The molecule has 0 amide bonds. The largest absolute Gasteiger partial charge is 0.492 e. The molecule has 12 heavy (non-hydrogen) atoms. The predicted octanol–water partition coefficient (Wildman–Crippen LogP) is 0.610. The molecule has 8 heteroatoms. The second-order valence-corrected chi connectivity index (χ2v) is 2.94. The van der Waals surface area contributed by atoms with Gasteiger partial charge in [0.2, 0.25) is 11.0 Å². The van der Waals surface area contributed by atoms with Gasteiger partial charge < -0.3 is 0 Å². The lowest BCUT2D eigenvalue weighted by Crippen LogP contribution is -2.29. The van der Waals surface area contributed by atoms with Crippen LogP contribution in [0, 0.1) is 0 Å². The molecule has 4 nitrogen and oxygen atoms in total. The zero-order chi connectivity index (χ0) is 9.19. The van der Waals surface area contributed by atoms with Gasteiger partial charge in [0.1, 0.15) is 0 Å². The highest BCUT2D eigenvalue weighted by Gasteiger charge is 2.37. The summed E-state index contributed by atoms with van der Waals surface area (Å²) in [6, 6.07) is 1.40. The van der Waals surface area contributed by atoms with Crippen LogP contribution >= 0.6 is 0 Å². The minimum Gasteiger partial charge on any atom is -0.226 e. The number of nitrogens with one attached hydrogen (secondary N) is 1. The number of hydrogen-bond acceptors (Lipinski definition) is 2. The second-order valence-electron chi connectivity index (χ2n) is 1.76. The van der Waals surface area contributed by atoms with Crippen molar-refractivity contribution in [3.8, 4) is 0 Å². The molecule has 1 atom stereocenters. The average molecular weight is 199 g/mol. The Bertz CT molecular complexity index is 270. The summed E-state index contributed by atoms with van der Waals surface area (Å²) in [5.74, 6) is 0. The molecular weight excluding hydrogens is 195 g/mol. The smallest absolute Gasteiger partial charge is 0.226 e. The van der Waals surface area contributed by atoms with Crippen molar-refractivity contribution >= 4 is 11.0 Å². The number of halogens is 3. The molecule has 0 bridgehead atoms. The summed E-state index contributed by atoms with van der Waals surface area (Å²) in [5, 5.41) is 3.38. The van der Waals surface area contributed by atoms with Crippen LogP contribution in [0.2, 0.25) is 0 Å². The van der Waals surface area contributed by atoms with Gasteiger partial charge in [-0.25, -0.2) is 9.04 Å². The van der Waals surface area contributed by atoms with Gasteiger partial charge in [-0.05, 0) is 6.07 Å². The highest BCUT2D eigenvalue weighted by Crippen LogP contribution is 2.18. The van der Waals surface area contributed by atoms with Gasteiger partial charge >= 0.3 is 5.51 Å². The first-order valence-electron chi connectivity index (χ1n) is 2.75. The van der Waals surface area contributed by atoms with Crippen molar-refractivity contribution in [3.05, 3.63) is 18.5 Å². The van der Waals surface area contributed by atoms with E-state index in [1.54, 1.807) is 4.83 Å². The summed E-state index contributed by atoms with van der Waals surface area (Å²) in [6.07, 6.45) is 2.48. The Morgan fingerprint density at radius 3 is 2.58 bits per heavy atom. The Balaban J connectivity index is 2.60. The van der Waals surface area contributed by atoms with Crippen LogP contribution in [0.15, 0.2) is 18.5 Å². The van der Waals surface area contributed by atoms with Crippen molar-refractivity contribution < 1.29 is 17.4 Å². The monoisotopic (exact) mass is 199 g/mol. The van der Waals surface area contributed by atoms with Crippen LogP contribution in [0.25, 0.3) is 0 Å². The normalized spacial score (nSPS) is 14.2. The molecule has 0 radical (unpaired) electrons. The van der Waals surface area contributed by atoms with Crippen LogP contribution in [-0.4, -0.2) is 19.6 Å². The lowest BCUT2D eigenvalue weighted by atomic mass is 10.8. The Kier molecular flexibility index (Phi) is 2.36.